The van der Waals surface area contributed by atoms with Crippen LogP contribution < -0.4 is 15.4 Å². The molecule has 0 saturated heterocycles. The number of rotatable bonds is 11. The van der Waals surface area contributed by atoms with Gasteiger partial charge in [0.05, 0.1) is 5.52 Å². The zero-order chi connectivity index (χ0) is 27.2. The van der Waals surface area contributed by atoms with Crippen LogP contribution in [0.4, 0.5) is 18.9 Å². The molecular formula is C22H26F3N7O4S. The van der Waals surface area contributed by atoms with Crippen molar-refractivity contribution in [2.75, 3.05) is 31.5 Å². The number of amides is 2. The summed E-state index contributed by atoms with van der Waals surface area (Å²) in [5.41, 5.74) is -0.727. The Morgan fingerprint density at radius 2 is 1.81 bits per heavy atom. The third-order valence-electron chi connectivity index (χ3n) is 5.16. The van der Waals surface area contributed by atoms with Crippen molar-refractivity contribution in [3.05, 3.63) is 54.0 Å². The minimum Gasteiger partial charge on any atom is -0.353 e. The summed E-state index contributed by atoms with van der Waals surface area (Å²) in [5, 5.41) is 9.95. The van der Waals surface area contributed by atoms with Gasteiger partial charge >= 0.3 is 6.18 Å². The fraction of sp³-hybridized carbons (Fsp3) is 0.364. The number of nitrogens with zero attached hydrogens (tertiary/aromatic N) is 4. The number of fused-ring (bicyclic) bond motifs is 1. The molecule has 3 rings (SSSR count). The van der Waals surface area contributed by atoms with Crippen LogP contribution in [0, 0.1) is 0 Å². The average Bonchev–Trinajstić information content (AvgIpc) is 3.23. The second-order valence-electron chi connectivity index (χ2n) is 7.79. The fourth-order valence-electron chi connectivity index (χ4n) is 3.39. The fourth-order valence-corrected chi connectivity index (χ4v) is 4.61. The molecule has 37 heavy (non-hydrogen) atoms. The van der Waals surface area contributed by atoms with Gasteiger partial charge in [-0.1, -0.05) is 19.9 Å². The molecule has 0 atom stereocenters. The molecule has 1 aromatic carbocycles. The maximum atomic E-state index is 12.9. The number of hydrogen-bond donors (Lipinski definition) is 3. The molecule has 2 amide bonds. The van der Waals surface area contributed by atoms with E-state index in [-0.39, 0.29) is 31.2 Å². The monoisotopic (exact) mass is 541 g/mol. The van der Waals surface area contributed by atoms with Gasteiger partial charge in [-0.25, -0.2) is 9.71 Å². The average molecular weight is 542 g/mol. The Kier molecular flexibility index (Phi) is 8.83. The lowest BCUT2D eigenvalue weighted by atomic mass is 10.2. The molecule has 2 aromatic heterocycles. The highest BCUT2D eigenvalue weighted by atomic mass is 32.2. The third-order valence-corrected chi connectivity index (χ3v) is 6.93. The number of halogens is 3. The zero-order valence-corrected chi connectivity index (χ0v) is 20.9. The lowest BCUT2D eigenvalue weighted by Crippen LogP contribution is -2.43. The number of nitrogens with one attached hydrogen (secondary N) is 3. The first kappa shape index (κ1) is 28.0. The molecule has 2 heterocycles. The summed E-state index contributed by atoms with van der Waals surface area (Å²) in [7, 11) is -3.61. The maximum absolute atomic E-state index is 12.9. The first-order valence-electron chi connectivity index (χ1n) is 11.3. The van der Waals surface area contributed by atoms with Crippen LogP contribution in [0.2, 0.25) is 0 Å². The Morgan fingerprint density at radius 3 is 2.49 bits per heavy atom. The van der Waals surface area contributed by atoms with E-state index in [1.54, 1.807) is 32.2 Å². The van der Waals surface area contributed by atoms with Gasteiger partial charge in [0, 0.05) is 43.4 Å². The van der Waals surface area contributed by atoms with Gasteiger partial charge in [-0.15, -0.1) is 0 Å². The van der Waals surface area contributed by atoms with Gasteiger partial charge in [0.1, 0.15) is 17.9 Å². The molecule has 0 unspecified atom stereocenters. The van der Waals surface area contributed by atoms with E-state index < -0.39 is 28.0 Å². The summed E-state index contributed by atoms with van der Waals surface area (Å²) >= 11 is 0. The topological polar surface area (TPSA) is 138 Å². The Balaban J connectivity index is 1.56. The van der Waals surface area contributed by atoms with E-state index >= 15 is 0 Å². The van der Waals surface area contributed by atoms with Crippen molar-refractivity contribution in [3.63, 3.8) is 0 Å². The Hall–Kier alpha value is -3.56. The van der Waals surface area contributed by atoms with E-state index in [9.17, 15) is 31.2 Å². The van der Waals surface area contributed by atoms with E-state index in [0.29, 0.717) is 29.7 Å². The summed E-state index contributed by atoms with van der Waals surface area (Å²) in [5.74, 6) is -1.20. The minimum absolute atomic E-state index is 0.0233. The van der Waals surface area contributed by atoms with Crippen molar-refractivity contribution < 1.29 is 31.2 Å². The van der Waals surface area contributed by atoms with E-state index in [2.05, 4.69) is 25.4 Å². The van der Waals surface area contributed by atoms with Gasteiger partial charge in [-0.05, 0) is 30.3 Å². The summed E-state index contributed by atoms with van der Waals surface area (Å²) in [6, 6.07) is 7.72. The number of carbonyl (C=O) groups is 2. The highest BCUT2D eigenvalue weighted by Crippen LogP contribution is 2.27. The summed E-state index contributed by atoms with van der Waals surface area (Å²) < 4.78 is 67.8. The Morgan fingerprint density at radius 1 is 1.08 bits per heavy atom. The van der Waals surface area contributed by atoms with Crippen molar-refractivity contribution in [3.8, 4) is 0 Å². The molecular weight excluding hydrogens is 515 g/mol. The van der Waals surface area contributed by atoms with Gasteiger partial charge in [0.15, 0.2) is 0 Å². The second-order valence-corrected chi connectivity index (χ2v) is 9.55. The number of aromatic nitrogens is 3. The zero-order valence-electron chi connectivity index (χ0n) is 20.0. The SMILES string of the molecule is CCN(CC)S(=O)(=O)NCCNC(=O)Cn1cc2cc(NC(=O)c3cccc(C(F)(F)F)n3)ccc2n1. The standard InChI is InChI=1S/C22H26F3N7O4S/c1-3-32(4-2)37(35,36)27-11-10-26-20(33)14-31-13-15-12-16(8-9-17(15)30-31)28-21(34)18-6-5-7-19(29-18)22(23,24)25/h5-9,12-13,27H,3-4,10-11,14H2,1-2H3,(H,26,33)(H,28,34). The molecule has 0 radical (unpaired) electrons. The molecule has 0 spiro atoms. The van der Waals surface area contributed by atoms with Crippen molar-refractivity contribution in [2.45, 2.75) is 26.6 Å². The lowest BCUT2D eigenvalue weighted by molar-refractivity contribution is -0.141. The predicted molar refractivity (Wildman–Crippen MR) is 130 cm³/mol. The molecule has 0 bridgehead atoms. The quantitative estimate of drug-likeness (QED) is 0.318. The van der Waals surface area contributed by atoms with Crippen molar-refractivity contribution in [1.29, 1.82) is 0 Å². The van der Waals surface area contributed by atoms with Gasteiger partial charge in [0.25, 0.3) is 16.1 Å². The number of alkyl halides is 3. The molecule has 0 aliphatic heterocycles. The third kappa shape index (κ3) is 7.47. The second kappa shape index (κ2) is 11.7. The van der Waals surface area contributed by atoms with Crippen molar-refractivity contribution in [1.82, 2.24) is 29.1 Å². The molecule has 3 N–H and O–H groups in total. The highest BCUT2D eigenvalue weighted by Gasteiger charge is 2.33. The van der Waals surface area contributed by atoms with Crippen LogP contribution in [0.5, 0.6) is 0 Å². The van der Waals surface area contributed by atoms with Crippen LogP contribution in [-0.4, -0.2) is 65.5 Å². The minimum atomic E-state index is -4.67. The van der Waals surface area contributed by atoms with Crippen molar-refractivity contribution >= 4 is 38.6 Å². The van der Waals surface area contributed by atoms with E-state index in [1.807, 2.05) is 0 Å². The van der Waals surface area contributed by atoms with Crippen molar-refractivity contribution in [2.24, 2.45) is 0 Å². The lowest BCUT2D eigenvalue weighted by Gasteiger charge is -2.18. The molecule has 15 heteroatoms. The summed E-state index contributed by atoms with van der Waals surface area (Å²) in [4.78, 5) is 28.0. The smallest absolute Gasteiger partial charge is 0.353 e. The van der Waals surface area contributed by atoms with Gasteiger partial charge in [0.2, 0.25) is 5.91 Å². The van der Waals surface area contributed by atoms with E-state index in [0.717, 1.165) is 12.1 Å². The van der Waals surface area contributed by atoms with E-state index in [4.69, 9.17) is 0 Å². The van der Waals surface area contributed by atoms with Crippen LogP contribution in [0.3, 0.4) is 0 Å². The van der Waals surface area contributed by atoms with Gasteiger partial charge in [-0.2, -0.15) is 31.0 Å². The molecule has 0 fully saturated rings. The Labute approximate surface area is 211 Å². The Bertz CT molecular complexity index is 1370. The normalized spacial score (nSPS) is 12.2. The first-order chi connectivity index (χ1) is 17.4. The molecule has 0 saturated carbocycles. The van der Waals surface area contributed by atoms with Crippen LogP contribution in [0.15, 0.2) is 42.6 Å². The number of anilines is 1. The summed E-state index contributed by atoms with van der Waals surface area (Å²) in [6.45, 7) is 4.09. The summed E-state index contributed by atoms with van der Waals surface area (Å²) in [6.07, 6.45) is -3.11. The predicted octanol–water partition coefficient (Wildman–Crippen LogP) is 1.99. The van der Waals surface area contributed by atoms with Gasteiger partial charge in [-0.3, -0.25) is 14.3 Å². The number of benzene rings is 1. The number of hydrogen-bond acceptors (Lipinski definition) is 6. The maximum Gasteiger partial charge on any atom is 0.433 e. The number of pyridine rings is 1. The van der Waals surface area contributed by atoms with Gasteiger partial charge < -0.3 is 10.6 Å². The molecule has 0 aliphatic rings. The van der Waals surface area contributed by atoms with Crippen LogP contribution >= 0.6 is 0 Å². The van der Waals surface area contributed by atoms with Crippen LogP contribution in [-0.2, 0) is 27.7 Å². The number of carbonyl (C=O) groups excluding carboxylic acids is 2. The first-order valence-corrected chi connectivity index (χ1v) is 12.7. The van der Waals surface area contributed by atoms with Crippen LogP contribution in [0.25, 0.3) is 10.9 Å². The highest BCUT2D eigenvalue weighted by molar-refractivity contribution is 7.87. The molecule has 11 nitrogen and oxygen atoms in total. The van der Waals surface area contributed by atoms with Crippen LogP contribution in [0.1, 0.15) is 30.0 Å². The molecule has 3 aromatic rings. The van der Waals surface area contributed by atoms with E-state index in [1.165, 1.54) is 21.1 Å². The molecule has 200 valence electrons. The molecule has 0 aliphatic carbocycles. The largest absolute Gasteiger partial charge is 0.433 e.